The molecule has 2 aromatic rings. The molecule has 2 rings (SSSR count). The van der Waals surface area contributed by atoms with Gasteiger partial charge in [-0.3, -0.25) is 19.1 Å². The Morgan fingerprint density at radius 1 is 1.26 bits per heavy atom. The minimum Gasteiger partial charge on any atom is -0.859 e. The summed E-state index contributed by atoms with van der Waals surface area (Å²) in [6, 6.07) is 6.54. The van der Waals surface area contributed by atoms with Crippen molar-refractivity contribution in [2.45, 2.75) is 6.92 Å². The highest BCUT2D eigenvalue weighted by Gasteiger charge is 2.12. The van der Waals surface area contributed by atoms with Gasteiger partial charge in [0.1, 0.15) is 0 Å². The first-order chi connectivity index (χ1) is 8.91. The number of aromatic nitrogens is 2. The smallest absolute Gasteiger partial charge is 0.332 e. The van der Waals surface area contributed by atoms with E-state index < -0.39 is 28.5 Å². The summed E-state index contributed by atoms with van der Waals surface area (Å²) in [5.74, 6) is -1.58. The Kier molecular flexibility index (Phi) is 3.56. The third-order valence-electron chi connectivity index (χ3n) is 2.50. The third-order valence-corrected chi connectivity index (χ3v) is 3.22. The van der Waals surface area contributed by atoms with Gasteiger partial charge in [-0.05, 0) is 59.7 Å². The van der Waals surface area contributed by atoms with Gasteiger partial charge in [0.2, 0.25) is 0 Å². The standard InChI is InChI=1S/C12H9IN2O4/c1-6(16)9-10(17)14-12(19)15(11(9)18)8-4-2-7(13)3-5-8/h2-5,18H,1H3,(H,14,17,19)/p-1. The quantitative estimate of drug-likeness (QED) is 0.611. The van der Waals surface area contributed by atoms with Crippen LogP contribution in [0.15, 0.2) is 33.9 Å². The van der Waals surface area contributed by atoms with E-state index in [0.717, 1.165) is 15.1 Å². The van der Waals surface area contributed by atoms with Crippen LogP contribution in [0.4, 0.5) is 0 Å². The molecule has 6 nitrogen and oxygen atoms in total. The molecule has 0 saturated heterocycles. The lowest BCUT2D eigenvalue weighted by Crippen LogP contribution is -2.35. The number of ketones is 1. The fraction of sp³-hybridized carbons (Fsp3) is 0.0833. The molecule has 0 bridgehead atoms. The number of hydrogen-bond acceptors (Lipinski definition) is 4. The van der Waals surface area contributed by atoms with Crippen molar-refractivity contribution in [3.8, 4) is 11.6 Å². The number of halogens is 1. The van der Waals surface area contributed by atoms with Gasteiger partial charge in [-0.25, -0.2) is 4.79 Å². The summed E-state index contributed by atoms with van der Waals surface area (Å²) in [4.78, 5) is 36.4. The normalized spacial score (nSPS) is 10.4. The molecule has 1 heterocycles. The summed E-state index contributed by atoms with van der Waals surface area (Å²) in [7, 11) is 0. The lowest BCUT2D eigenvalue weighted by atomic mass is 10.2. The Bertz CT molecular complexity index is 759. The Morgan fingerprint density at radius 3 is 2.37 bits per heavy atom. The molecule has 0 atom stereocenters. The summed E-state index contributed by atoms with van der Waals surface area (Å²) in [5, 5.41) is 12.1. The first kappa shape index (κ1) is 13.5. The van der Waals surface area contributed by atoms with E-state index in [1.54, 1.807) is 24.3 Å². The van der Waals surface area contributed by atoms with E-state index in [1.165, 1.54) is 0 Å². The lowest BCUT2D eigenvalue weighted by Gasteiger charge is -2.18. The minimum atomic E-state index is -0.954. The molecule has 0 aliphatic rings. The molecular formula is C12H8IN2O4-. The Balaban J connectivity index is 2.81. The first-order valence-electron chi connectivity index (χ1n) is 5.25. The highest BCUT2D eigenvalue weighted by atomic mass is 127. The number of hydrogen-bond donors (Lipinski definition) is 1. The maximum absolute atomic E-state index is 12.1. The molecule has 1 N–H and O–H groups in total. The zero-order valence-corrected chi connectivity index (χ0v) is 11.9. The number of aromatic amines is 1. The van der Waals surface area contributed by atoms with Crippen molar-refractivity contribution in [3.63, 3.8) is 0 Å². The summed E-state index contributed by atoms with van der Waals surface area (Å²) >= 11 is 2.08. The van der Waals surface area contributed by atoms with Crippen LogP contribution >= 0.6 is 22.6 Å². The van der Waals surface area contributed by atoms with Gasteiger partial charge in [0, 0.05) is 9.26 Å². The molecule has 0 saturated carbocycles. The zero-order valence-electron chi connectivity index (χ0n) is 9.77. The second kappa shape index (κ2) is 5.00. The Labute approximate surface area is 120 Å². The van der Waals surface area contributed by atoms with Crippen molar-refractivity contribution in [3.05, 3.63) is 54.2 Å². The second-order valence-corrected chi connectivity index (χ2v) is 5.05. The van der Waals surface area contributed by atoms with Gasteiger partial charge in [0.05, 0.1) is 5.56 Å². The van der Waals surface area contributed by atoms with E-state index in [-0.39, 0.29) is 0 Å². The second-order valence-electron chi connectivity index (χ2n) is 3.81. The van der Waals surface area contributed by atoms with Crippen LogP contribution in [-0.4, -0.2) is 15.3 Å². The van der Waals surface area contributed by atoms with Crippen LogP contribution in [0.3, 0.4) is 0 Å². The lowest BCUT2D eigenvalue weighted by molar-refractivity contribution is -0.278. The van der Waals surface area contributed by atoms with Crippen LogP contribution < -0.4 is 16.4 Å². The Hall–Kier alpha value is -1.90. The van der Waals surface area contributed by atoms with Gasteiger partial charge in [0.25, 0.3) is 5.56 Å². The fourth-order valence-electron chi connectivity index (χ4n) is 1.65. The van der Waals surface area contributed by atoms with Crippen LogP contribution in [-0.2, 0) is 0 Å². The van der Waals surface area contributed by atoms with E-state index in [0.29, 0.717) is 5.69 Å². The molecule has 98 valence electrons. The number of carbonyl (C=O) groups excluding carboxylic acids is 1. The fourth-order valence-corrected chi connectivity index (χ4v) is 2.01. The largest absolute Gasteiger partial charge is 0.859 e. The van der Waals surface area contributed by atoms with Gasteiger partial charge in [-0.1, -0.05) is 0 Å². The number of Topliss-reactive ketones (excluding diaryl/α,β-unsaturated/α-hetero) is 1. The summed E-state index contributed by atoms with van der Waals surface area (Å²) in [6.07, 6.45) is 0. The Morgan fingerprint density at radius 2 is 1.84 bits per heavy atom. The predicted molar refractivity (Wildman–Crippen MR) is 74.8 cm³/mol. The highest BCUT2D eigenvalue weighted by molar-refractivity contribution is 14.1. The molecular weight excluding hydrogens is 363 g/mol. The van der Waals surface area contributed by atoms with E-state index in [2.05, 4.69) is 22.6 Å². The summed E-state index contributed by atoms with van der Waals surface area (Å²) < 4.78 is 1.70. The summed E-state index contributed by atoms with van der Waals surface area (Å²) in [5.41, 5.74) is -2.06. The first-order valence-corrected chi connectivity index (χ1v) is 6.33. The molecule has 7 heteroatoms. The van der Waals surface area contributed by atoms with E-state index in [4.69, 9.17) is 0 Å². The molecule has 19 heavy (non-hydrogen) atoms. The van der Waals surface area contributed by atoms with Gasteiger partial charge >= 0.3 is 5.69 Å². The average molecular weight is 371 g/mol. The van der Waals surface area contributed by atoms with E-state index >= 15 is 0 Å². The maximum atomic E-state index is 12.1. The molecule has 0 unspecified atom stereocenters. The molecule has 0 fully saturated rings. The van der Waals surface area contributed by atoms with Crippen LogP contribution in [0.25, 0.3) is 5.69 Å². The molecule has 0 aliphatic carbocycles. The zero-order chi connectivity index (χ0) is 14.2. The van der Waals surface area contributed by atoms with Crippen LogP contribution in [0.5, 0.6) is 5.88 Å². The molecule has 0 spiro atoms. The van der Waals surface area contributed by atoms with Crippen molar-refractivity contribution in [1.29, 1.82) is 0 Å². The number of nitrogens with one attached hydrogen (secondary N) is 1. The monoisotopic (exact) mass is 371 g/mol. The maximum Gasteiger partial charge on any atom is 0.332 e. The van der Waals surface area contributed by atoms with E-state index in [1.807, 2.05) is 4.98 Å². The SMILES string of the molecule is CC(=O)c1c([O-])n(-c2ccc(I)cc2)c(=O)[nH]c1=O. The van der Waals surface area contributed by atoms with Crippen molar-refractivity contribution in [2.24, 2.45) is 0 Å². The number of H-pyrrole nitrogens is 1. The third kappa shape index (κ3) is 2.46. The number of carbonyl (C=O) groups is 1. The van der Waals surface area contributed by atoms with Gasteiger partial charge < -0.3 is 5.11 Å². The molecule has 1 aromatic carbocycles. The molecule has 0 aliphatic heterocycles. The molecule has 0 radical (unpaired) electrons. The number of nitrogens with zero attached hydrogens (tertiary/aromatic N) is 1. The van der Waals surface area contributed by atoms with Crippen LogP contribution in [0.1, 0.15) is 17.3 Å². The van der Waals surface area contributed by atoms with Gasteiger partial charge in [0.15, 0.2) is 5.78 Å². The van der Waals surface area contributed by atoms with Gasteiger partial charge in [-0.15, -0.1) is 0 Å². The molecule has 0 amide bonds. The van der Waals surface area contributed by atoms with Gasteiger partial charge in [-0.2, -0.15) is 0 Å². The number of rotatable bonds is 2. The number of benzene rings is 1. The predicted octanol–water partition coefficient (Wildman–Crippen LogP) is 0.407. The van der Waals surface area contributed by atoms with Crippen molar-refractivity contribution in [2.75, 3.05) is 0 Å². The van der Waals surface area contributed by atoms with Crippen molar-refractivity contribution >= 4 is 28.4 Å². The van der Waals surface area contributed by atoms with Crippen LogP contribution in [0.2, 0.25) is 0 Å². The van der Waals surface area contributed by atoms with E-state index in [9.17, 15) is 19.5 Å². The van der Waals surface area contributed by atoms with Crippen molar-refractivity contribution in [1.82, 2.24) is 9.55 Å². The topological polar surface area (TPSA) is 95.0 Å². The van der Waals surface area contributed by atoms with Crippen LogP contribution in [0, 0.1) is 3.57 Å². The average Bonchev–Trinajstić information content (AvgIpc) is 2.30. The molecule has 1 aromatic heterocycles. The van der Waals surface area contributed by atoms with Crippen molar-refractivity contribution < 1.29 is 9.90 Å². The summed E-state index contributed by atoms with van der Waals surface area (Å²) in [6.45, 7) is 1.11. The highest BCUT2D eigenvalue weighted by Crippen LogP contribution is 2.15. The minimum absolute atomic E-state index is 0.300.